The third kappa shape index (κ3) is 2.82. The zero-order chi connectivity index (χ0) is 22.6. The van der Waals surface area contributed by atoms with Crippen molar-refractivity contribution in [1.29, 1.82) is 0 Å². The summed E-state index contributed by atoms with van der Waals surface area (Å²) < 4.78 is 7.76. The molecule has 1 aromatic carbocycles. The average molecular weight is 441 g/mol. The van der Waals surface area contributed by atoms with Crippen LogP contribution in [0.4, 0.5) is 5.82 Å². The maximum atomic E-state index is 11.5. The van der Waals surface area contributed by atoms with Crippen LogP contribution in [0, 0.1) is 0 Å². The second-order valence-corrected chi connectivity index (χ2v) is 8.28. The van der Waals surface area contributed by atoms with Gasteiger partial charge in [0.1, 0.15) is 30.2 Å². The summed E-state index contributed by atoms with van der Waals surface area (Å²) in [6.07, 6.45) is -0.983. The van der Waals surface area contributed by atoms with Gasteiger partial charge in [0.25, 0.3) is 0 Å². The van der Waals surface area contributed by atoms with E-state index in [1.54, 1.807) is 0 Å². The lowest BCUT2D eigenvalue weighted by Gasteiger charge is -2.39. The van der Waals surface area contributed by atoms with E-state index in [-0.39, 0.29) is 18.2 Å². The number of aromatic nitrogens is 4. The van der Waals surface area contributed by atoms with E-state index < -0.39 is 42.5 Å². The van der Waals surface area contributed by atoms with Gasteiger partial charge in [-0.15, -0.1) is 0 Å². The number of ether oxygens (including phenoxy) is 1. The van der Waals surface area contributed by atoms with Crippen LogP contribution in [0.1, 0.15) is 35.8 Å². The fourth-order valence-corrected chi connectivity index (χ4v) is 5.27. The molecule has 168 valence electrons. The number of benzene rings is 1. The van der Waals surface area contributed by atoms with Gasteiger partial charge in [0.05, 0.1) is 19.4 Å². The summed E-state index contributed by atoms with van der Waals surface area (Å²) in [5.74, 6) is -1.67. The van der Waals surface area contributed by atoms with Crippen LogP contribution in [-0.4, -0.2) is 70.8 Å². The minimum absolute atomic E-state index is 0.0918. The van der Waals surface area contributed by atoms with E-state index in [1.807, 2.05) is 24.3 Å². The monoisotopic (exact) mass is 441 g/mol. The molecule has 1 aliphatic heterocycles. The molecular formula is C21H23N5O6. The molecule has 0 spiro atoms. The fourth-order valence-electron chi connectivity index (χ4n) is 5.27. The Labute approximate surface area is 182 Å². The van der Waals surface area contributed by atoms with Crippen molar-refractivity contribution in [2.24, 2.45) is 0 Å². The second-order valence-electron chi connectivity index (χ2n) is 8.28. The van der Waals surface area contributed by atoms with Crippen LogP contribution in [0.5, 0.6) is 0 Å². The van der Waals surface area contributed by atoms with Crippen LogP contribution in [0.25, 0.3) is 11.2 Å². The third-order valence-corrected chi connectivity index (χ3v) is 6.64. The SMILES string of the molecule is Nc1ncnc2c1ncn2[C@]1(C2CC(CC(=O)O)c3ccccc32)O[C@H](CO)[C@@H](O)[C@H]1O. The summed E-state index contributed by atoms with van der Waals surface area (Å²) in [5, 5.41) is 41.3. The first-order valence-corrected chi connectivity index (χ1v) is 10.3. The molecule has 0 radical (unpaired) electrons. The highest BCUT2D eigenvalue weighted by molar-refractivity contribution is 5.81. The summed E-state index contributed by atoms with van der Waals surface area (Å²) >= 11 is 0. The topological polar surface area (TPSA) is 177 Å². The van der Waals surface area contributed by atoms with E-state index in [4.69, 9.17) is 10.5 Å². The number of hydrogen-bond donors (Lipinski definition) is 5. The Kier molecular flexibility index (Phi) is 4.86. The van der Waals surface area contributed by atoms with Crippen LogP contribution in [0.3, 0.4) is 0 Å². The zero-order valence-corrected chi connectivity index (χ0v) is 16.9. The maximum Gasteiger partial charge on any atom is 0.303 e. The highest BCUT2D eigenvalue weighted by Crippen LogP contribution is 2.56. The number of nitrogens with two attached hydrogens (primary N) is 1. The number of aliphatic hydroxyl groups excluding tert-OH is 3. The molecule has 2 aliphatic rings. The van der Waals surface area contributed by atoms with E-state index in [2.05, 4.69) is 15.0 Å². The predicted molar refractivity (Wildman–Crippen MR) is 110 cm³/mol. The van der Waals surface area contributed by atoms with Crippen molar-refractivity contribution < 1.29 is 30.0 Å². The Morgan fingerprint density at radius 2 is 1.97 bits per heavy atom. The van der Waals surface area contributed by atoms with Gasteiger partial charge >= 0.3 is 5.97 Å². The van der Waals surface area contributed by atoms with Gasteiger partial charge in [0.2, 0.25) is 0 Å². The molecule has 11 heteroatoms. The van der Waals surface area contributed by atoms with Crippen molar-refractivity contribution in [2.75, 3.05) is 12.3 Å². The van der Waals surface area contributed by atoms with E-state index in [9.17, 15) is 25.2 Å². The molecule has 2 aromatic heterocycles. The van der Waals surface area contributed by atoms with E-state index in [1.165, 1.54) is 17.2 Å². The molecule has 3 heterocycles. The number of carboxylic acids is 1. The van der Waals surface area contributed by atoms with Crippen molar-refractivity contribution in [3.05, 3.63) is 48.0 Å². The van der Waals surface area contributed by atoms with Gasteiger partial charge in [-0.2, -0.15) is 0 Å². The lowest BCUT2D eigenvalue weighted by Crippen LogP contribution is -2.49. The summed E-state index contributed by atoms with van der Waals surface area (Å²) in [7, 11) is 0. The number of anilines is 1. The Morgan fingerprint density at radius 1 is 1.22 bits per heavy atom. The van der Waals surface area contributed by atoms with Gasteiger partial charge in [-0.3, -0.25) is 9.36 Å². The molecule has 2 unspecified atom stereocenters. The van der Waals surface area contributed by atoms with E-state index in [0.717, 1.165) is 11.1 Å². The van der Waals surface area contributed by atoms with Crippen molar-refractivity contribution in [3.63, 3.8) is 0 Å². The molecule has 32 heavy (non-hydrogen) atoms. The molecule has 3 aromatic rings. The molecule has 11 nitrogen and oxygen atoms in total. The molecule has 1 fully saturated rings. The van der Waals surface area contributed by atoms with Gasteiger partial charge in [-0.25, -0.2) is 15.0 Å². The number of carboxylic acid groups (broad SMARTS) is 1. The lowest BCUT2D eigenvalue weighted by atomic mass is 9.84. The number of rotatable bonds is 5. The fraction of sp³-hybridized carbons (Fsp3) is 0.429. The molecule has 1 aliphatic carbocycles. The molecule has 6 N–H and O–H groups in total. The summed E-state index contributed by atoms with van der Waals surface area (Å²) in [5.41, 5.74) is 6.58. The molecule has 1 saturated heterocycles. The number of fused-ring (bicyclic) bond motifs is 2. The normalized spacial score (nSPS) is 31.8. The lowest BCUT2D eigenvalue weighted by molar-refractivity contribution is -0.163. The van der Waals surface area contributed by atoms with E-state index >= 15 is 0 Å². The highest BCUT2D eigenvalue weighted by Gasteiger charge is 2.62. The van der Waals surface area contributed by atoms with Crippen LogP contribution in [0.15, 0.2) is 36.9 Å². The Bertz CT molecular complexity index is 1180. The van der Waals surface area contributed by atoms with Gasteiger partial charge in [0, 0.05) is 5.92 Å². The molecule has 0 saturated carbocycles. The average Bonchev–Trinajstić information content (AvgIpc) is 3.44. The van der Waals surface area contributed by atoms with Gasteiger partial charge < -0.3 is 30.9 Å². The zero-order valence-electron chi connectivity index (χ0n) is 16.9. The first-order valence-electron chi connectivity index (χ1n) is 10.3. The smallest absolute Gasteiger partial charge is 0.303 e. The van der Waals surface area contributed by atoms with E-state index in [0.29, 0.717) is 17.6 Å². The minimum Gasteiger partial charge on any atom is -0.481 e. The third-order valence-electron chi connectivity index (χ3n) is 6.64. The molecule has 0 amide bonds. The first kappa shape index (κ1) is 20.8. The standard InChI is InChI=1S/C21H23N5O6/c22-19-16-20(24-8-23-19)26(9-25-16)21(18(31)17(30)14(7-27)32-21)13-5-10(6-15(28)29)11-3-1-2-4-12(11)13/h1-4,8-10,13-14,17-18,27,30-31H,5-7H2,(H,28,29)(H2,22,23,24)/t10?,13?,14-,17-,18-,21-/m1/s1. The number of aliphatic hydroxyl groups is 3. The highest BCUT2D eigenvalue weighted by atomic mass is 16.6. The molecular weight excluding hydrogens is 418 g/mol. The van der Waals surface area contributed by atoms with Crippen LogP contribution >= 0.6 is 0 Å². The minimum atomic E-state index is -1.61. The molecule has 0 bridgehead atoms. The maximum absolute atomic E-state index is 11.5. The largest absolute Gasteiger partial charge is 0.481 e. The second kappa shape index (κ2) is 7.48. The van der Waals surface area contributed by atoms with Crippen molar-refractivity contribution in [2.45, 2.75) is 48.7 Å². The first-order chi connectivity index (χ1) is 15.4. The van der Waals surface area contributed by atoms with Crippen LogP contribution in [0.2, 0.25) is 0 Å². The Balaban J connectivity index is 1.74. The number of hydrogen-bond acceptors (Lipinski definition) is 9. The molecule has 5 rings (SSSR count). The van der Waals surface area contributed by atoms with Crippen molar-refractivity contribution in [3.8, 4) is 0 Å². The quantitative estimate of drug-likeness (QED) is 0.360. The summed E-state index contributed by atoms with van der Waals surface area (Å²) in [4.78, 5) is 24.0. The van der Waals surface area contributed by atoms with Crippen molar-refractivity contribution in [1.82, 2.24) is 19.5 Å². The number of nitrogens with zero attached hydrogens (tertiary/aromatic N) is 4. The van der Waals surface area contributed by atoms with Gasteiger partial charge in [0.15, 0.2) is 17.2 Å². The summed E-state index contributed by atoms with van der Waals surface area (Å²) in [6, 6.07) is 7.39. The Morgan fingerprint density at radius 3 is 2.66 bits per heavy atom. The van der Waals surface area contributed by atoms with Gasteiger partial charge in [-0.1, -0.05) is 24.3 Å². The number of imidazole rings is 1. The number of aliphatic carboxylic acids is 1. The predicted octanol–water partition coefficient (Wildman–Crippen LogP) is -0.0800. The van der Waals surface area contributed by atoms with Gasteiger partial charge in [-0.05, 0) is 23.5 Å². The number of carbonyl (C=O) groups is 1. The number of nitrogen functional groups attached to an aromatic ring is 1. The van der Waals surface area contributed by atoms with Crippen LogP contribution in [-0.2, 0) is 15.3 Å². The van der Waals surface area contributed by atoms with Crippen molar-refractivity contribution >= 4 is 23.0 Å². The Hall–Kier alpha value is -3.12. The summed E-state index contributed by atoms with van der Waals surface area (Å²) in [6.45, 7) is -0.517. The van der Waals surface area contributed by atoms with Crippen LogP contribution < -0.4 is 5.73 Å². The molecule has 6 atom stereocenters.